The highest BCUT2D eigenvalue weighted by atomic mass is 31.3. The third-order valence-corrected chi connectivity index (χ3v) is 18.5. The second kappa shape index (κ2) is 22.8. The van der Waals surface area contributed by atoms with Crippen molar-refractivity contribution in [2.24, 2.45) is 18.9 Å². The van der Waals surface area contributed by atoms with Crippen LogP contribution in [0.25, 0.3) is 33.5 Å². The molecule has 0 spiro atoms. The van der Waals surface area contributed by atoms with Crippen molar-refractivity contribution in [3.8, 4) is 0 Å². The van der Waals surface area contributed by atoms with Crippen LogP contribution in [0.4, 0.5) is 17.7 Å². The van der Waals surface area contributed by atoms with Crippen molar-refractivity contribution in [3.63, 3.8) is 0 Å². The number of carbonyl (C=O) groups is 1. The van der Waals surface area contributed by atoms with E-state index in [1.54, 1.807) is 0 Å². The van der Waals surface area contributed by atoms with Gasteiger partial charge in [-0.2, -0.15) is 13.6 Å². The molecule has 0 radical (unpaired) electrons. The summed E-state index contributed by atoms with van der Waals surface area (Å²) in [4.78, 5) is 111. The zero-order valence-electron chi connectivity index (χ0n) is 42.4. The van der Waals surface area contributed by atoms with Crippen LogP contribution < -0.4 is 38.0 Å². The summed E-state index contributed by atoms with van der Waals surface area (Å²) in [5.41, 5.74) is 15.9. The minimum absolute atomic E-state index is 0.000470. The summed E-state index contributed by atoms with van der Waals surface area (Å²) in [6, 6.07) is 0. The summed E-state index contributed by atoms with van der Waals surface area (Å²) in [5.74, 6) is -3.63. The average Bonchev–Trinajstić information content (AvgIpc) is 3.61. The fraction of sp³-hybridized carbons (Fsp3) is 0.568. The molecular formula is C37H54N17O23P4+. The Morgan fingerprint density at radius 2 is 1.35 bits per heavy atom. The molecule has 16 N–H and O–H groups in total. The number of carbonyl (C=O) groups excluding carboxylic acids is 1. The number of hydrogen-bond acceptors (Lipinski definition) is 28. The standard InChI is InChI=1S/C37H53N17O23P4/c1-50(2)19(55)5-14-16(73-33(23(14)56)54-13-51(3)22-30(54)47-37(40)49-32(22)60)7-71-79(63,64)76-81(67,68)77-80(65,66)72-8-17-15(26(69-4)35(74-17)52-11-43-20-27(38)41-10-42-28(20)52)6-45-78(61,62)70-9-18-24(57)25(58)34(75-18)53-12-44-21-29(53)46-36(39)48-31(21)59/h10-18,23-26,33-35,56-58H,5-9H2,1-4H3,(H12-,38,39,40,41,42,45,46,47,48,49,59,60,61,62,63,64,65,66,67,68)/p+1/t14-,15?,16-,17-,18-,23-,24-,25-,26-,33-,34-,35-/m1/s1. The number of nitrogen functional groups attached to an aromatic ring is 3. The molecule has 9 rings (SSSR count). The lowest BCUT2D eigenvalue weighted by Crippen LogP contribution is -2.45. The molecule has 0 saturated carbocycles. The van der Waals surface area contributed by atoms with Gasteiger partial charge in [-0.1, -0.05) is 4.98 Å². The van der Waals surface area contributed by atoms with Gasteiger partial charge in [0.25, 0.3) is 17.1 Å². The van der Waals surface area contributed by atoms with E-state index in [1.165, 1.54) is 59.5 Å². The van der Waals surface area contributed by atoms with Gasteiger partial charge >= 0.3 is 36.9 Å². The number of nitrogens with zero attached hydrogens (tertiary/aromatic N) is 11. The number of hydrogen-bond donors (Lipinski definition) is 13. The van der Waals surface area contributed by atoms with Crippen LogP contribution in [0.5, 0.6) is 0 Å². The SMILES string of the molecule is CO[C@@H]1C(CNP(=O)(O)OC[C@H]2O[C@@H](n3cnc4c(=O)[nH]c(N)nc43)[C@H](O)[C@@H]2O)[C@@H](COP(=O)(O)OP(=O)(O)OP(=O)(O)OC[C@H]2O[C@@H]([n+]3cn(C)c4c(=O)[nH]c(N)nc43)[C@H](O)[C@@H]2CC(=O)N(C)C)O[C@H]1n1cnc2c(N)ncnc21. The summed E-state index contributed by atoms with van der Waals surface area (Å²) in [7, 11) is -17.4. The van der Waals surface area contributed by atoms with Gasteiger partial charge in [0, 0.05) is 46.0 Å². The number of fused-ring (bicyclic) bond motifs is 3. The van der Waals surface area contributed by atoms with Gasteiger partial charge in [0.2, 0.25) is 23.6 Å². The van der Waals surface area contributed by atoms with Crippen molar-refractivity contribution >= 4 is 88.3 Å². The molecule has 444 valence electrons. The number of aromatic amines is 2. The largest absolute Gasteiger partial charge is 0.490 e. The third-order valence-electron chi connectivity index (χ3n) is 13.1. The van der Waals surface area contributed by atoms with Crippen LogP contribution in [0.2, 0.25) is 0 Å². The highest BCUT2D eigenvalue weighted by molar-refractivity contribution is 7.66. The van der Waals surface area contributed by atoms with Crippen molar-refractivity contribution in [2.45, 2.75) is 67.8 Å². The lowest BCUT2D eigenvalue weighted by atomic mass is 9.94. The molecule has 3 aliphatic heterocycles. The zero-order chi connectivity index (χ0) is 58.8. The molecule has 3 saturated heterocycles. The smallest absolute Gasteiger partial charge is 0.387 e. The molecule has 81 heavy (non-hydrogen) atoms. The van der Waals surface area contributed by atoms with Gasteiger partial charge in [-0.15, -0.1) is 0 Å². The monoisotopic (exact) mass is 1230 g/mol. The Morgan fingerprint density at radius 1 is 0.753 bits per heavy atom. The van der Waals surface area contributed by atoms with Gasteiger partial charge < -0.3 is 75.9 Å². The van der Waals surface area contributed by atoms with Gasteiger partial charge in [-0.25, -0.2) is 47.9 Å². The quantitative estimate of drug-likeness (QED) is 0.0227. The van der Waals surface area contributed by atoms with Crippen molar-refractivity contribution in [1.82, 2.24) is 63.6 Å². The van der Waals surface area contributed by atoms with Crippen LogP contribution in [-0.4, -0.2) is 190 Å². The third kappa shape index (κ3) is 12.5. The number of phosphoric ester groups is 2. The Kier molecular flexibility index (Phi) is 16.9. The van der Waals surface area contributed by atoms with E-state index in [0.29, 0.717) is 0 Å². The fourth-order valence-electron chi connectivity index (χ4n) is 9.36. The highest BCUT2D eigenvalue weighted by Crippen LogP contribution is 2.68. The number of aromatic nitrogens is 12. The normalized spacial score (nSPS) is 29.0. The van der Waals surface area contributed by atoms with Gasteiger partial charge in [-0.3, -0.25) is 51.6 Å². The van der Waals surface area contributed by atoms with E-state index < -0.39 is 154 Å². The maximum absolute atomic E-state index is 13.5. The molecule has 1 amide bonds. The van der Waals surface area contributed by atoms with E-state index in [9.17, 15) is 67.5 Å². The number of H-pyrrole nitrogens is 2. The average molecular weight is 1230 g/mol. The number of imidazole rings is 3. The molecule has 16 atom stereocenters. The van der Waals surface area contributed by atoms with E-state index in [2.05, 4.69) is 53.6 Å². The number of nitrogens with two attached hydrogens (primary N) is 3. The molecule has 9 heterocycles. The zero-order valence-corrected chi connectivity index (χ0v) is 46.0. The molecule has 0 aromatic carbocycles. The number of methoxy groups -OCH3 is 1. The summed E-state index contributed by atoms with van der Waals surface area (Å²) in [6.07, 6.45) is -10.6. The van der Waals surface area contributed by atoms with E-state index >= 15 is 0 Å². The molecule has 40 nitrogen and oxygen atoms in total. The minimum Gasteiger partial charge on any atom is -0.387 e. The first kappa shape index (κ1) is 60.0. The van der Waals surface area contributed by atoms with Crippen molar-refractivity contribution in [2.75, 3.05) is 64.8 Å². The van der Waals surface area contributed by atoms with Crippen LogP contribution in [0.1, 0.15) is 25.1 Å². The maximum atomic E-state index is 13.5. The van der Waals surface area contributed by atoms with Crippen LogP contribution in [0.15, 0.2) is 34.9 Å². The number of rotatable bonds is 22. The molecule has 5 unspecified atom stereocenters. The summed E-state index contributed by atoms with van der Waals surface area (Å²) >= 11 is 0. The first-order valence-electron chi connectivity index (χ1n) is 23.5. The van der Waals surface area contributed by atoms with Gasteiger partial charge in [0.1, 0.15) is 42.4 Å². The van der Waals surface area contributed by atoms with Crippen LogP contribution in [0.3, 0.4) is 0 Å². The molecular weight excluding hydrogens is 1170 g/mol. The number of aliphatic hydroxyl groups excluding tert-OH is 3. The number of anilines is 3. The highest BCUT2D eigenvalue weighted by Gasteiger charge is 2.52. The van der Waals surface area contributed by atoms with Gasteiger partial charge in [-0.05, 0) is 0 Å². The minimum atomic E-state index is -6.19. The molecule has 6 aromatic rings. The van der Waals surface area contributed by atoms with Crippen LogP contribution in [-0.2, 0) is 71.2 Å². The lowest BCUT2D eigenvalue weighted by Gasteiger charge is -2.25. The second-order valence-corrected chi connectivity index (χ2v) is 24.9. The van der Waals surface area contributed by atoms with E-state index in [1.807, 2.05) is 0 Å². The lowest BCUT2D eigenvalue weighted by molar-refractivity contribution is -0.745. The predicted molar refractivity (Wildman–Crippen MR) is 266 cm³/mol. The first-order valence-corrected chi connectivity index (χ1v) is 29.6. The Morgan fingerprint density at radius 3 is 2.00 bits per heavy atom. The Hall–Kier alpha value is -5.64. The number of aryl methyl sites for hydroxylation is 1. The van der Waals surface area contributed by atoms with E-state index in [0.717, 1.165) is 17.2 Å². The van der Waals surface area contributed by atoms with E-state index in [-0.39, 0.29) is 51.2 Å². The predicted octanol–water partition coefficient (Wildman–Crippen LogP) is -4.16. The summed E-state index contributed by atoms with van der Waals surface area (Å²) in [6.45, 7) is -3.60. The van der Waals surface area contributed by atoms with Crippen molar-refractivity contribution in [3.05, 3.63) is 46.0 Å². The number of amides is 1. The summed E-state index contributed by atoms with van der Waals surface area (Å²) in [5, 5.41) is 35.5. The van der Waals surface area contributed by atoms with Crippen LogP contribution in [0, 0.1) is 11.8 Å². The van der Waals surface area contributed by atoms with Gasteiger partial charge in [0.15, 0.2) is 41.4 Å². The number of nitrogens with one attached hydrogen (secondary N) is 3. The van der Waals surface area contributed by atoms with Crippen LogP contribution >= 0.6 is 31.2 Å². The Labute approximate surface area is 452 Å². The Bertz CT molecular complexity index is 3670. The fourth-order valence-corrected chi connectivity index (χ4v) is 13.8. The molecule has 3 aliphatic rings. The second-order valence-electron chi connectivity index (χ2n) is 18.6. The van der Waals surface area contributed by atoms with Crippen molar-refractivity contribution in [1.29, 1.82) is 0 Å². The maximum Gasteiger partial charge on any atom is 0.490 e. The number of ether oxygens (including phenoxy) is 4. The number of aliphatic hydroxyl groups is 3. The molecule has 0 bridgehead atoms. The topological polar surface area (TPSA) is 565 Å². The summed E-state index contributed by atoms with van der Waals surface area (Å²) < 4.78 is 106. The molecule has 0 aliphatic carbocycles. The van der Waals surface area contributed by atoms with Gasteiger partial charge in [0.05, 0.1) is 51.7 Å². The molecule has 6 aromatic heterocycles. The van der Waals surface area contributed by atoms with E-state index in [4.69, 9.17) is 49.7 Å². The number of phosphoric acid groups is 3. The molecule has 3 fully saturated rings. The van der Waals surface area contributed by atoms with Crippen molar-refractivity contribution < 1.29 is 104 Å². The first-order chi connectivity index (χ1) is 38.0. The Balaban J connectivity index is 0.862. The molecule has 44 heteroatoms.